The summed E-state index contributed by atoms with van der Waals surface area (Å²) in [5.74, 6) is 0.516. The molecule has 0 bridgehead atoms. The van der Waals surface area contributed by atoms with Crippen molar-refractivity contribution in [2.75, 3.05) is 13.1 Å². The van der Waals surface area contributed by atoms with Crippen molar-refractivity contribution in [3.63, 3.8) is 0 Å². The predicted octanol–water partition coefficient (Wildman–Crippen LogP) is 3.92. The molecule has 1 aliphatic heterocycles. The molecular weight excluding hydrogens is 258 g/mol. The lowest BCUT2D eigenvalue weighted by molar-refractivity contribution is 0.220. The van der Waals surface area contributed by atoms with E-state index >= 15 is 0 Å². The number of hydrogen-bond acceptors (Lipinski definition) is 2. The lowest BCUT2D eigenvalue weighted by Gasteiger charge is -2.27. The van der Waals surface area contributed by atoms with Gasteiger partial charge in [0.15, 0.2) is 0 Å². The number of phenols is 1. The molecule has 1 heterocycles. The van der Waals surface area contributed by atoms with Crippen LogP contribution in [-0.2, 0) is 19.4 Å². The second-order valence-electron chi connectivity index (χ2n) is 5.31. The Morgan fingerprint density at radius 1 is 1.00 bits per heavy atom. The molecule has 0 amide bonds. The molecule has 0 aromatic heterocycles. The van der Waals surface area contributed by atoms with E-state index in [0.29, 0.717) is 5.75 Å². The number of aromatic hydroxyl groups is 1. The van der Waals surface area contributed by atoms with E-state index in [-0.39, 0.29) is 12.4 Å². The normalized spacial score (nSPS) is 16.1. The van der Waals surface area contributed by atoms with E-state index in [4.69, 9.17) is 0 Å². The number of piperidine rings is 1. The third kappa shape index (κ3) is 4.12. The Labute approximate surface area is 123 Å². The number of rotatable bonds is 4. The van der Waals surface area contributed by atoms with Crippen molar-refractivity contribution in [2.45, 2.75) is 52.5 Å². The van der Waals surface area contributed by atoms with Gasteiger partial charge < -0.3 is 5.11 Å². The fourth-order valence-electron chi connectivity index (χ4n) is 2.84. The van der Waals surface area contributed by atoms with Gasteiger partial charge >= 0.3 is 0 Å². The summed E-state index contributed by atoms with van der Waals surface area (Å²) in [5.41, 5.74) is 3.56. The number of phenolic OH excluding ortho intramolecular Hbond substituents is 1. The highest BCUT2D eigenvalue weighted by Crippen LogP contribution is 2.26. The number of halogens is 1. The van der Waals surface area contributed by atoms with E-state index in [1.807, 2.05) is 0 Å². The highest BCUT2D eigenvalue weighted by Gasteiger charge is 2.13. The van der Waals surface area contributed by atoms with Gasteiger partial charge in [-0.15, -0.1) is 12.4 Å². The summed E-state index contributed by atoms with van der Waals surface area (Å²) in [6.07, 6.45) is 5.87. The van der Waals surface area contributed by atoms with E-state index in [9.17, 15) is 5.11 Å². The largest absolute Gasteiger partial charge is 0.507 e. The zero-order chi connectivity index (χ0) is 13.0. The minimum Gasteiger partial charge on any atom is -0.507 e. The van der Waals surface area contributed by atoms with Gasteiger partial charge in [-0.2, -0.15) is 0 Å². The third-order valence-electron chi connectivity index (χ3n) is 3.94. The van der Waals surface area contributed by atoms with Crippen LogP contribution in [-0.4, -0.2) is 23.1 Å². The Morgan fingerprint density at radius 2 is 1.53 bits per heavy atom. The molecule has 0 atom stereocenters. The van der Waals surface area contributed by atoms with Crippen LogP contribution in [0.4, 0.5) is 0 Å². The van der Waals surface area contributed by atoms with Crippen molar-refractivity contribution in [1.29, 1.82) is 0 Å². The monoisotopic (exact) mass is 283 g/mol. The molecule has 0 spiro atoms. The quantitative estimate of drug-likeness (QED) is 0.905. The Balaban J connectivity index is 0.00000180. The van der Waals surface area contributed by atoms with E-state index in [2.05, 4.69) is 30.9 Å². The maximum absolute atomic E-state index is 10.1. The van der Waals surface area contributed by atoms with Gasteiger partial charge in [0.1, 0.15) is 5.75 Å². The molecule has 1 fully saturated rings. The fraction of sp³-hybridized carbons (Fsp3) is 0.625. The van der Waals surface area contributed by atoms with E-state index in [1.54, 1.807) is 0 Å². The van der Waals surface area contributed by atoms with E-state index in [1.165, 1.54) is 37.9 Å². The smallest absolute Gasteiger partial charge is 0.121 e. The Bertz CT molecular complexity index is 375. The molecular formula is C16H26ClNO. The summed E-state index contributed by atoms with van der Waals surface area (Å²) in [4.78, 5) is 2.54. The summed E-state index contributed by atoms with van der Waals surface area (Å²) in [6, 6.07) is 4.37. The lowest BCUT2D eigenvalue weighted by atomic mass is 10.00. The standard InChI is InChI=1S/C16H25NO.ClH/c1-3-14-10-13(11-15(4-2)16(14)18)12-17-8-6-5-7-9-17;/h10-11,18H,3-9,12H2,1-2H3;1H. The van der Waals surface area contributed by atoms with Gasteiger partial charge in [-0.1, -0.05) is 32.4 Å². The average molecular weight is 284 g/mol. The number of benzene rings is 1. The van der Waals surface area contributed by atoms with Crippen molar-refractivity contribution in [3.05, 3.63) is 28.8 Å². The predicted molar refractivity (Wildman–Crippen MR) is 83.2 cm³/mol. The first-order valence-electron chi connectivity index (χ1n) is 7.30. The molecule has 0 saturated carbocycles. The Kier molecular flexibility index (Phi) is 6.67. The molecule has 1 aromatic rings. The van der Waals surface area contributed by atoms with E-state index in [0.717, 1.165) is 30.5 Å². The van der Waals surface area contributed by atoms with Crippen molar-refractivity contribution in [1.82, 2.24) is 4.90 Å². The van der Waals surface area contributed by atoms with Gasteiger partial charge in [0.05, 0.1) is 0 Å². The maximum Gasteiger partial charge on any atom is 0.121 e. The highest BCUT2D eigenvalue weighted by atomic mass is 35.5. The van der Waals surface area contributed by atoms with Crippen LogP contribution >= 0.6 is 12.4 Å². The van der Waals surface area contributed by atoms with Crippen LogP contribution in [0.5, 0.6) is 5.75 Å². The molecule has 0 aliphatic carbocycles. The van der Waals surface area contributed by atoms with Crippen LogP contribution in [0.1, 0.15) is 49.8 Å². The second-order valence-corrected chi connectivity index (χ2v) is 5.31. The van der Waals surface area contributed by atoms with Crippen LogP contribution in [0.15, 0.2) is 12.1 Å². The second kappa shape index (κ2) is 7.76. The average Bonchev–Trinajstić information content (AvgIpc) is 2.41. The third-order valence-corrected chi connectivity index (χ3v) is 3.94. The van der Waals surface area contributed by atoms with Crippen molar-refractivity contribution >= 4 is 12.4 Å². The van der Waals surface area contributed by atoms with Crippen molar-refractivity contribution < 1.29 is 5.11 Å². The van der Waals surface area contributed by atoms with Crippen molar-refractivity contribution in [2.24, 2.45) is 0 Å². The van der Waals surface area contributed by atoms with Gasteiger partial charge in [-0.25, -0.2) is 0 Å². The Morgan fingerprint density at radius 3 is 2.00 bits per heavy atom. The number of nitrogens with zero attached hydrogens (tertiary/aromatic N) is 1. The molecule has 3 heteroatoms. The van der Waals surface area contributed by atoms with Gasteiger partial charge in [0.2, 0.25) is 0 Å². The molecule has 1 saturated heterocycles. The lowest BCUT2D eigenvalue weighted by Crippen LogP contribution is -2.29. The number of hydrogen-bond donors (Lipinski definition) is 1. The highest BCUT2D eigenvalue weighted by molar-refractivity contribution is 5.85. The topological polar surface area (TPSA) is 23.5 Å². The van der Waals surface area contributed by atoms with Gasteiger partial charge in [-0.05, 0) is 55.5 Å². The molecule has 1 aliphatic rings. The van der Waals surface area contributed by atoms with Gasteiger partial charge in [0.25, 0.3) is 0 Å². The molecule has 2 nitrogen and oxygen atoms in total. The van der Waals surface area contributed by atoms with Gasteiger partial charge in [-0.3, -0.25) is 4.90 Å². The molecule has 2 rings (SSSR count). The van der Waals surface area contributed by atoms with Crippen LogP contribution in [0.25, 0.3) is 0 Å². The zero-order valence-corrected chi connectivity index (χ0v) is 12.9. The molecule has 1 aromatic carbocycles. The first kappa shape index (κ1) is 16.3. The summed E-state index contributed by atoms with van der Waals surface area (Å²) >= 11 is 0. The Hall–Kier alpha value is -0.730. The molecule has 0 radical (unpaired) electrons. The minimum atomic E-state index is 0. The zero-order valence-electron chi connectivity index (χ0n) is 12.1. The van der Waals surface area contributed by atoms with E-state index < -0.39 is 0 Å². The number of aryl methyl sites for hydroxylation is 2. The molecule has 1 N–H and O–H groups in total. The fourth-order valence-corrected chi connectivity index (χ4v) is 2.84. The van der Waals surface area contributed by atoms with Crippen LogP contribution in [0.3, 0.4) is 0 Å². The summed E-state index contributed by atoms with van der Waals surface area (Å²) in [7, 11) is 0. The minimum absolute atomic E-state index is 0. The maximum atomic E-state index is 10.1. The van der Waals surface area contributed by atoms with Crippen molar-refractivity contribution in [3.8, 4) is 5.75 Å². The molecule has 0 unspecified atom stereocenters. The van der Waals surface area contributed by atoms with Gasteiger partial charge in [0, 0.05) is 6.54 Å². The van der Waals surface area contributed by atoms with Crippen LogP contribution in [0, 0.1) is 0 Å². The summed E-state index contributed by atoms with van der Waals surface area (Å²) in [6.45, 7) is 7.71. The van der Waals surface area contributed by atoms with Crippen LogP contribution in [0.2, 0.25) is 0 Å². The number of likely N-dealkylation sites (tertiary alicyclic amines) is 1. The molecule has 19 heavy (non-hydrogen) atoms. The summed E-state index contributed by atoms with van der Waals surface area (Å²) < 4.78 is 0. The molecule has 108 valence electrons. The first-order valence-corrected chi connectivity index (χ1v) is 7.30. The SMILES string of the molecule is CCc1cc(CN2CCCCC2)cc(CC)c1O.Cl. The van der Waals surface area contributed by atoms with Crippen LogP contribution < -0.4 is 0 Å². The summed E-state index contributed by atoms with van der Waals surface area (Å²) in [5, 5.41) is 10.1. The first-order chi connectivity index (χ1) is 8.74.